The minimum absolute atomic E-state index is 0.0290. The predicted molar refractivity (Wildman–Crippen MR) is 143 cm³/mol. The van der Waals surface area contributed by atoms with Gasteiger partial charge in [0, 0.05) is 35.4 Å². The van der Waals surface area contributed by atoms with Crippen molar-refractivity contribution >= 4 is 22.7 Å². The van der Waals surface area contributed by atoms with E-state index in [-0.39, 0.29) is 11.8 Å². The van der Waals surface area contributed by atoms with E-state index in [2.05, 4.69) is 59.3 Å². The summed E-state index contributed by atoms with van der Waals surface area (Å²) in [5.41, 5.74) is 11.1. The van der Waals surface area contributed by atoms with E-state index in [0.29, 0.717) is 12.0 Å². The topological polar surface area (TPSA) is 83.1 Å². The van der Waals surface area contributed by atoms with Gasteiger partial charge in [-0.05, 0) is 43.2 Å². The van der Waals surface area contributed by atoms with Gasteiger partial charge < -0.3 is 0 Å². The Morgan fingerprint density at radius 2 is 1.86 bits per heavy atom. The zero-order valence-corrected chi connectivity index (χ0v) is 20.9. The van der Waals surface area contributed by atoms with Crippen LogP contribution in [0.15, 0.2) is 65.8 Å². The van der Waals surface area contributed by atoms with E-state index < -0.39 is 0 Å². The molecule has 6 nitrogen and oxygen atoms in total. The fourth-order valence-corrected chi connectivity index (χ4v) is 5.03. The van der Waals surface area contributed by atoms with Crippen LogP contribution in [0.4, 0.5) is 0 Å². The number of nitriles is 1. The number of para-hydroxylation sites is 1. The molecule has 0 fully saturated rings. The van der Waals surface area contributed by atoms with Crippen molar-refractivity contribution in [1.82, 2.24) is 15.0 Å². The number of unbranched alkanes of at least 4 members (excludes halogenated alkanes) is 1. The third kappa shape index (κ3) is 4.18. The summed E-state index contributed by atoms with van der Waals surface area (Å²) >= 11 is 0. The van der Waals surface area contributed by atoms with E-state index in [0.717, 1.165) is 69.8 Å². The van der Waals surface area contributed by atoms with Crippen LogP contribution in [0.2, 0.25) is 0 Å². The van der Waals surface area contributed by atoms with Gasteiger partial charge in [-0.3, -0.25) is 9.36 Å². The molecule has 36 heavy (non-hydrogen) atoms. The average Bonchev–Trinajstić information content (AvgIpc) is 3.26. The Morgan fingerprint density at radius 1 is 1.11 bits per heavy atom. The first kappa shape index (κ1) is 23.5. The Bertz CT molecular complexity index is 1540. The summed E-state index contributed by atoms with van der Waals surface area (Å²) in [7, 11) is 0. The van der Waals surface area contributed by atoms with Crippen molar-refractivity contribution in [1.29, 1.82) is 5.26 Å². The van der Waals surface area contributed by atoms with E-state index in [1.807, 2.05) is 43.3 Å². The van der Waals surface area contributed by atoms with Crippen LogP contribution >= 0.6 is 0 Å². The Hall–Kier alpha value is -4.24. The lowest BCUT2D eigenvalue weighted by atomic mass is 9.93. The van der Waals surface area contributed by atoms with Crippen molar-refractivity contribution in [3.63, 3.8) is 0 Å². The number of nitrogens with zero attached hydrogens (tertiary/aromatic N) is 4. The lowest BCUT2D eigenvalue weighted by molar-refractivity contribution is -0.121. The number of fused-ring (bicyclic) bond motifs is 1. The number of aromatic nitrogens is 2. The number of carbonyl (C=O) groups excluding carboxylic acids is 1. The van der Waals surface area contributed by atoms with Crippen molar-refractivity contribution in [2.75, 3.05) is 0 Å². The predicted octanol–water partition coefficient (Wildman–Crippen LogP) is 6.08. The number of carbonyl (C=O) groups is 1. The fraction of sp³-hybridized carbons (Fsp3) is 0.267. The molecule has 0 spiro atoms. The highest BCUT2D eigenvalue weighted by Crippen LogP contribution is 2.34. The van der Waals surface area contributed by atoms with Gasteiger partial charge in [-0.25, -0.2) is 10.4 Å². The number of rotatable bonds is 6. The van der Waals surface area contributed by atoms with Crippen molar-refractivity contribution in [2.45, 2.75) is 46.5 Å². The van der Waals surface area contributed by atoms with Crippen LogP contribution in [0.25, 0.3) is 27.8 Å². The Labute approximate surface area is 211 Å². The summed E-state index contributed by atoms with van der Waals surface area (Å²) in [5.74, 6) is 0.975. The minimum atomic E-state index is -0.0546. The first-order valence-corrected chi connectivity index (χ1v) is 12.5. The monoisotopic (exact) mass is 475 g/mol. The molecule has 1 aromatic heterocycles. The minimum Gasteiger partial charge on any atom is -0.296 e. The molecule has 5 rings (SSSR count). The van der Waals surface area contributed by atoms with Crippen LogP contribution in [-0.2, 0) is 11.2 Å². The third-order valence-electron chi connectivity index (χ3n) is 6.81. The summed E-state index contributed by atoms with van der Waals surface area (Å²) in [4.78, 5) is 17.0. The van der Waals surface area contributed by atoms with E-state index in [1.165, 1.54) is 0 Å². The molecular weight excluding hydrogens is 446 g/mol. The van der Waals surface area contributed by atoms with Gasteiger partial charge in [0.25, 0.3) is 0 Å². The van der Waals surface area contributed by atoms with Crippen molar-refractivity contribution in [3.8, 4) is 22.9 Å². The highest BCUT2D eigenvalue weighted by atomic mass is 16.2. The van der Waals surface area contributed by atoms with Gasteiger partial charge in [0.1, 0.15) is 5.82 Å². The molecule has 1 N–H and O–H groups in total. The molecule has 0 bridgehead atoms. The maximum atomic E-state index is 11.8. The Morgan fingerprint density at radius 3 is 2.61 bits per heavy atom. The van der Waals surface area contributed by atoms with E-state index in [1.54, 1.807) is 0 Å². The molecule has 6 heteroatoms. The second-order valence-electron chi connectivity index (χ2n) is 9.44. The van der Waals surface area contributed by atoms with Gasteiger partial charge in [-0.1, -0.05) is 56.7 Å². The van der Waals surface area contributed by atoms with Crippen LogP contribution < -0.4 is 5.43 Å². The van der Waals surface area contributed by atoms with Gasteiger partial charge in [-0.2, -0.15) is 10.4 Å². The van der Waals surface area contributed by atoms with E-state index in [4.69, 9.17) is 4.98 Å². The highest BCUT2D eigenvalue weighted by molar-refractivity contribution is 6.07. The van der Waals surface area contributed by atoms with Gasteiger partial charge in [0.2, 0.25) is 5.91 Å². The van der Waals surface area contributed by atoms with E-state index in [9.17, 15) is 10.1 Å². The number of benzene rings is 3. The zero-order chi connectivity index (χ0) is 25.2. The SMILES string of the molecule is CCCCc1nc2c(C)cc(C3=NNC(=O)CC3C)cc2n1-c1ccccc1-c1ccccc1C#N. The van der Waals surface area contributed by atoms with E-state index >= 15 is 0 Å². The number of amides is 1. The third-order valence-corrected chi connectivity index (χ3v) is 6.81. The second-order valence-corrected chi connectivity index (χ2v) is 9.44. The number of hydrazone groups is 1. The van der Waals surface area contributed by atoms with Crippen LogP contribution in [0.1, 0.15) is 55.6 Å². The number of aryl methyl sites for hydroxylation is 2. The summed E-state index contributed by atoms with van der Waals surface area (Å²) < 4.78 is 2.25. The van der Waals surface area contributed by atoms with Gasteiger partial charge in [0.05, 0.1) is 34.1 Å². The quantitative estimate of drug-likeness (QED) is 0.367. The maximum Gasteiger partial charge on any atom is 0.240 e. The van der Waals surface area contributed by atoms with Crippen LogP contribution in [0, 0.1) is 24.2 Å². The number of nitrogens with one attached hydrogen (secondary N) is 1. The number of imidazole rings is 1. The summed E-state index contributed by atoms with van der Waals surface area (Å²) in [6, 6.07) is 22.5. The highest BCUT2D eigenvalue weighted by Gasteiger charge is 2.24. The summed E-state index contributed by atoms with van der Waals surface area (Å²) in [6.45, 7) is 6.30. The fourth-order valence-electron chi connectivity index (χ4n) is 5.03. The molecule has 1 amide bonds. The maximum absolute atomic E-state index is 11.8. The molecule has 4 aromatic rings. The first-order valence-electron chi connectivity index (χ1n) is 12.5. The molecule has 0 aliphatic carbocycles. The Kier molecular flexibility index (Phi) is 6.39. The molecule has 1 unspecified atom stereocenters. The van der Waals surface area contributed by atoms with Crippen molar-refractivity contribution in [2.24, 2.45) is 11.0 Å². The molecule has 3 aromatic carbocycles. The molecule has 2 heterocycles. The average molecular weight is 476 g/mol. The Balaban J connectivity index is 1.78. The molecule has 0 saturated carbocycles. The first-order chi connectivity index (χ1) is 17.5. The summed E-state index contributed by atoms with van der Waals surface area (Å²) in [6.07, 6.45) is 3.37. The summed E-state index contributed by atoms with van der Waals surface area (Å²) in [5, 5.41) is 14.2. The largest absolute Gasteiger partial charge is 0.296 e. The second kappa shape index (κ2) is 9.79. The molecule has 1 atom stereocenters. The van der Waals surface area contributed by atoms with Crippen LogP contribution in [-0.4, -0.2) is 21.2 Å². The van der Waals surface area contributed by atoms with Gasteiger partial charge in [0.15, 0.2) is 0 Å². The molecule has 0 radical (unpaired) electrons. The smallest absolute Gasteiger partial charge is 0.240 e. The van der Waals surface area contributed by atoms with Crippen molar-refractivity contribution in [3.05, 3.63) is 83.2 Å². The molecular formula is C30H29N5O. The number of hydrogen-bond donors (Lipinski definition) is 1. The standard InChI is InChI=1S/C30H29N5O/c1-4-5-14-27-32-30-19(2)15-22(29-20(3)16-28(36)33-34-29)17-26(30)35(27)25-13-9-8-12-24(25)23-11-7-6-10-21(23)18-31/h6-13,15,17,20H,4-5,14,16H2,1-3H3,(H,33,36). The van der Waals surface area contributed by atoms with Crippen LogP contribution in [0.5, 0.6) is 0 Å². The molecule has 0 saturated heterocycles. The lowest BCUT2D eigenvalue weighted by Gasteiger charge is -2.20. The van der Waals surface area contributed by atoms with Gasteiger partial charge >= 0.3 is 0 Å². The molecule has 180 valence electrons. The van der Waals surface area contributed by atoms with Crippen LogP contribution in [0.3, 0.4) is 0 Å². The number of hydrogen-bond acceptors (Lipinski definition) is 4. The lowest BCUT2D eigenvalue weighted by Crippen LogP contribution is -2.32. The molecule has 1 aliphatic rings. The molecule has 1 aliphatic heterocycles. The van der Waals surface area contributed by atoms with Crippen molar-refractivity contribution < 1.29 is 4.79 Å². The zero-order valence-electron chi connectivity index (χ0n) is 20.9. The normalized spacial score (nSPS) is 15.4. The van der Waals surface area contributed by atoms with Gasteiger partial charge in [-0.15, -0.1) is 0 Å².